The van der Waals surface area contributed by atoms with Crippen molar-refractivity contribution in [2.75, 3.05) is 0 Å². The second-order valence-electron chi connectivity index (χ2n) is 11.4. The van der Waals surface area contributed by atoms with Gasteiger partial charge in [0.2, 0.25) is 0 Å². The molecule has 0 aliphatic heterocycles. The summed E-state index contributed by atoms with van der Waals surface area (Å²) < 4.78 is 0. The minimum absolute atomic E-state index is 0.176. The molecule has 0 spiro atoms. The first-order valence-electron chi connectivity index (χ1n) is 11.7. The van der Waals surface area contributed by atoms with Crippen molar-refractivity contribution in [2.24, 2.45) is 46.3 Å². The van der Waals surface area contributed by atoms with Crippen molar-refractivity contribution >= 4 is 5.97 Å². The van der Waals surface area contributed by atoms with Gasteiger partial charge in [0.1, 0.15) is 0 Å². The minimum atomic E-state index is -0.677. The Balaban J connectivity index is 1.55. The van der Waals surface area contributed by atoms with Crippen LogP contribution in [0.5, 0.6) is 0 Å². The summed E-state index contributed by atoms with van der Waals surface area (Å²) >= 11 is 0. The summed E-state index contributed by atoms with van der Waals surface area (Å²) in [6, 6.07) is 0. The lowest BCUT2D eigenvalue weighted by molar-refractivity contribution is -0.172. The molecule has 4 aliphatic carbocycles. The van der Waals surface area contributed by atoms with Crippen LogP contribution < -0.4 is 0 Å². The lowest BCUT2D eigenvalue weighted by Crippen LogP contribution is -2.58. The SMILES string of the molecule is C[C@H](CCC(=O)O)[C@H]1CC[C@@H]2[C@@H]3C[C@H](O)[C@@H]4C[C@@H](O)CC[C@]4(C)[C@H]3CC[C@@]21C. The number of aliphatic carboxylic acids is 1. The second kappa shape index (κ2) is 7.27. The molecule has 4 aliphatic rings. The van der Waals surface area contributed by atoms with E-state index in [4.69, 9.17) is 5.11 Å². The van der Waals surface area contributed by atoms with E-state index in [0.717, 1.165) is 32.1 Å². The van der Waals surface area contributed by atoms with Crippen LogP contribution >= 0.6 is 0 Å². The maximum absolute atomic E-state index is 11.1. The van der Waals surface area contributed by atoms with Crippen molar-refractivity contribution in [3.8, 4) is 0 Å². The van der Waals surface area contributed by atoms with E-state index in [1.165, 1.54) is 25.7 Å². The number of hydrogen-bond acceptors (Lipinski definition) is 3. The van der Waals surface area contributed by atoms with E-state index in [9.17, 15) is 15.0 Å². The molecule has 4 fully saturated rings. The van der Waals surface area contributed by atoms with Gasteiger partial charge in [0.15, 0.2) is 0 Å². The van der Waals surface area contributed by atoms with Crippen LogP contribution in [0.25, 0.3) is 0 Å². The number of aliphatic hydroxyl groups excluding tert-OH is 2. The van der Waals surface area contributed by atoms with Crippen molar-refractivity contribution in [1.82, 2.24) is 0 Å². The number of carboxylic acid groups (broad SMARTS) is 1. The number of fused-ring (bicyclic) bond motifs is 5. The fourth-order valence-electron chi connectivity index (χ4n) is 8.81. The highest BCUT2D eigenvalue weighted by atomic mass is 16.4. The molecular formula is C24H40O4. The summed E-state index contributed by atoms with van der Waals surface area (Å²) in [6.07, 6.45) is 9.16. The van der Waals surface area contributed by atoms with Crippen LogP contribution in [0.1, 0.15) is 85.0 Å². The quantitative estimate of drug-likeness (QED) is 0.659. The van der Waals surface area contributed by atoms with Crippen molar-refractivity contribution in [1.29, 1.82) is 0 Å². The van der Waals surface area contributed by atoms with Gasteiger partial charge in [-0.15, -0.1) is 0 Å². The van der Waals surface area contributed by atoms with E-state index >= 15 is 0 Å². The maximum atomic E-state index is 11.1. The third-order valence-electron chi connectivity index (χ3n) is 10.2. The van der Waals surface area contributed by atoms with Crippen LogP contribution in [0.4, 0.5) is 0 Å². The summed E-state index contributed by atoms with van der Waals surface area (Å²) in [5.41, 5.74) is 0.478. The number of rotatable bonds is 4. The van der Waals surface area contributed by atoms with Gasteiger partial charge in [-0.3, -0.25) is 4.79 Å². The van der Waals surface area contributed by atoms with E-state index in [0.29, 0.717) is 35.0 Å². The molecular weight excluding hydrogens is 352 g/mol. The third-order valence-corrected chi connectivity index (χ3v) is 10.2. The predicted molar refractivity (Wildman–Crippen MR) is 109 cm³/mol. The van der Waals surface area contributed by atoms with Gasteiger partial charge in [0.05, 0.1) is 12.2 Å². The van der Waals surface area contributed by atoms with Gasteiger partial charge in [-0.05, 0) is 104 Å². The molecule has 0 unspecified atom stereocenters. The summed E-state index contributed by atoms with van der Waals surface area (Å²) in [5.74, 6) is 2.61. The summed E-state index contributed by atoms with van der Waals surface area (Å²) in [6.45, 7) is 7.16. The molecule has 4 rings (SSSR count). The number of carbonyl (C=O) groups is 1. The topological polar surface area (TPSA) is 77.8 Å². The molecule has 0 aromatic carbocycles. The molecule has 0 aromatic heterocycles. The molecule has 0 radical (unpaired) electrons. The molecule has 160 valence electrons. The number of carboxylic acids is 1. The first-order valence-corrected chi connectivity index (χ1v) is 11.7. The average Bonchev–Trinajstić information content (AvgIpc) is 2.99. The van der Waals surface area contributed by atoms with Crippen LogP contribution in [0.15, 0.2) is 0 Å². The number of hydrogen-bond donors (Lipinski definition) is 3. The summed E-state index contributed by atoms with van der Waals surface area (Å²) in [4.78, 5) is 11.1. The summed E-state index contributed by atoms with van der Waals surface area (Å²) in [5, 5.41) is 30.4. The highest BCUT2D eigenvalue weighted by molar-refractivity contribution is 5.66. The van der Waals surface area contributed by atoms with Gasteiger partial charge in [0, 0.05) is 6.42 Å². The molecule has 3 N–H and O–H groups in total. The van der Waals surface area contributed by atoms with Crippen LogP contribution in [0.3, 0.4) is 0 Å². The van der Waals surface area contributed by atoms with Gasteiger partial charge in [-0.2, -0.15) is 0 Å². The zero-order valence-electron chi connectivity index (χ0n) is 17.9. The van der Waals surface area contributed by atoms with Crippen molar-refractivity contribution in [3.63, 3.8) is 0 Å². The van der Waals surface area contributed by atoms with Crippen molar-refractivity contribution < 1.29 is 20.1 Å². The smallest absolute Gasteiger partial charge is 0.303 e. The number of aliphatic hydroxyl groups is 2. The molecule has 0 aromatic rings. The molecule has 4 nitrogen and oxygen atoms in total. The van der Waals surface area contributed by atoms with E-state index in [2.05, 4.69) is 20.8 Å². The van der Waals surface area contributed by atoms with Crippen LogP contribution in [-0.2, 0) is 4.79 Å². The Morgan fingerprint density at radius 3 is 2.36 bits per heavy atom. The molecule has 4 heteroatoms. The first-order chi connectivity index (χ1) is 13.2. The Hall–Kier alpha value is -0.610. The van der Waals surface area contributed by atoms with E-state index in [1.807, 2.05) is 0 Å². The van der Waals surface area contributed by atoms with Crippen LogP contribution in [-0.4, -0.2) is 33.5 Å². The standard InChI is InChI=1S/C24H40O4/c1-14(4-7-22(27)28)17-5-6-18-16-13-21(26)20-12-15(25)8-10-24(20,3)19(16)9-11-23(17,18)2/h14-21,25-26H,4-13H2,1-3H3,(H,27,28)/t14-,15+,16+,17-,18-,19+,20+,21+,23-,24-/m1/s1. The molecule has 0 amide bonds. The molecule has 4 saturated carbocycles. The predicted octanol–water partition coefficient (Wildman–Crippen LogP) is 4.48. The summed E-state index contributed by atoms with van der Waals surface area (Å²) in [7, 11) is 0. The lowest BCUT2D eigenvalue weighted by atomic mass is 9.44. The van der Waals surface area contributed by atoms with Gasteiger partial charge in [-0.1, -0.05) is 20.8 Å². The Morgan fingerprint density at radius 1 is 0.964 bits per heavy atom. The van der Waals surface area contributed by atoms with E-state index in [1.54, 1.807) is 0 Å². The normalized spacial score (nSPS) is 51.7. The average molecular weight is 393 g/mol. The van der Waals surface area contributed by atoms with Crippen LogP contribution in [0.2, 0.25) is 0 Å². The van der Waals surface area contributed by atoms with Crippen molar-refractivity contribution in [2.45, 2.75) is 97.2 Å². The van der Waals surface area contributed by atoms with E-state index < -0.39 is 5.97 Å². The fraction of sp³-hybridized carbons (Fsp3) is 0.958. The van der Waals surface area contributed by atoms with Crippen LogP contribution in [0, 0.1) is 46.3 Å². The Morgan fingerprint density at radius 2 is 1.64 bits per heavy atom. The highest BCUT2D eigenvalue weighted by Crippen LogP contribution is 2.68. The minimum Gasteiger partial charge on any atom is -0.481 e. The van der Waals surface area contributed by atoms with Crippen molar-refractivity contribution in [3.05, 3.63) is 0 Å². The third kappa shape index (κ3) is 3.14. The zero-order chi connectivity index (χ0) is 20.3. The van der Waals surface area contributed by atoms with Gasteiger partial charge >= 0.3 is 5.97 Å². The molecule has 0 bridgehead atoms. The Labute approximate surface area is 170 Å². The molecule has 10 atom stereocenters. The largest absolute Gasteiger partial charge is 0.481 e. The molecule has 0 saturated heterocycles. The zero-order valence-corrected chi connectivity index (χ0v) is 17.9. The highest BCUT2D eigenvalue weighted by Gasteiger charge is 2.62. The molecule has 0 heterocycles. The van der Waals surface area contributed by atoms with E-state index in [-0.39, 0.29) is 30.0 Å². The Kier molecular flexibility index (Phi) is 5.36. The molecule has 28 heavy (non-hydrogen) atoms. The van der Waals surface area contributed by atoms with Gasteiger partial charge < -0.3 is 15.3 Å². The monoisotopic (exact) mass is 392 g/mol. The maximum Gasteiger partial charge on any atom is 0.303 e. The second-order valence-corrected chi connectivity index (χ2v) is 11.4. The first kappa shape index (κ1) is 20.7. The Bertz CT molecular complexity index is 605. The van der Waals surface area contributed by atoms with Gasteiger partial charge in [-0.25, -0.2) is 0 Å². The lowest BCUT2D eigenvalue weighted by Gasteiger charge is -2.62. The van der Waals surface area contributed by atoms with Gasteiger partial charge in [0.25, 0.3) is 0 Å². The fourth-order valence-corrected chi connectivity index (χ4v) is 8.81.